The van der Waals surface area contributed by atoms with Gasteiger partial charge in [0, 0.05) is 5.69 Å². The van der Waals surface area contributed by atoms with Crippen LogP contribution in [0.2, 0.25) is 0 Å². The van der Waals surface area contributed by atoms with Crippen molar-refractivity contribution in [2.75, 3.05) is 5.73 Å². The molecule has 0 fully saturated rings. The molecule has 0 aliphatic heterocycles. The average Bonchev–Trinajstić information content (AvgIpc) is 2.25. The number of pyridine rings is 1. The van der Waals surface area contributed by atoms with Gasteiger partial charge in [0.05, 0.1) is 5.69 Å². The third-order valence-electron chi connectivity index (χ3n) is 2.25. The summed E-state index contributed by atoms with van der Waals surface area (Å²) in [6.07, 6.45) is -4.59. The summed E-state index contributed by atoms with van der Waals surface area (Å²) in [4.78, 5) is 3.47. The van der Waals surface area contributed by atoms with Crippen molar-refractivity contribution in [2.45, 2.75) is 38.6 Å². The van der Waals surface area contributed by atoms with Gasteiger partial charge in [-0.2, -0.15) is 13.2 Å². The predicted octanol–water partition coefficient (Wildman–Crippen LogP) is 2.95. The van der Waals surface area contributed by atoms with E-state index in [0.717, 1.165) is 6.07 Å². The zero-order chi connectivity index (χ0) is 15.7. The second kappa shape index (κ2) is 5.61. The number of hydrogen-bond acceptors (Lipinski definition) is 4. The Bertz CT molecular complexity index is 524. The van der Waals surface area contributed by atoms with Gasteiger partial charge in [0.15, 0.2) is 0 Å². The Morgan fingerprint density at radius 1 is 1.30 bits per heavy atom. The van der Waals surface area contributed by atoms with Crippen molar-refractivity contribution in [3.63, 3.8) is 0 Å². The zero-order valence-corrected chi connectivity index (χ0v) is 12.4. The van der Waals surface area contributed by atoms with Crippen molar-refractivity contribution in [1.82, 2.24) is 4.98 Å². The molecule has 0 bridgehead atoms. The number of aromatic nitrogens is 1. The van der Waals surface area contributed by atoms with Crippen LogP contribution in [-0.2, 0) is 17.5 Å². The van der Waals surface area contributed by atoms with E-state index in [-0.39, 0.29) is 17.1 Å². The highest BCUT2D eigenvalue weighted by Crippen LogP contribution is 2.29. The first kappa shape index (κ1) is 16.8. The zero-order valence-electron chi connectivity index (χ0n) is 11.6. The Hall–Kier alpha value is -1.28. The fraction of sp³-hybridized carbons (Fsp3) is 0.500. The number of nitrogens with two attached hydrogens (primary N) is 1. The Kier molecular flexibility index (Phi) is 4.70. The molecule has 112 valence electrons. The van der Waals surface area contributed by atoms with Crippen molar-refractivity contribution in [3.8, 4) is 0 Å². The first-order valence-corrected chi connectivity index (χ1v) is 6.84. The number of nitrogens with zero attached hydrogens (tertiary/aromatic N) is 2. The highest BCUT2D eigenvalue weighted by molar-refractivity contribution is 7.91. The van der Waals surface area contributed by atoms with Crippen LogP contribution in [0.5, 0.6) is 0 Å². The van der Waals surface area contributed by atoms with Gasteiger partial charge in [-0.05, 0) is 39.8 Å². The van der Waals surface area contributed by atoms with Gasteiger partial charge in [-0.25, -0.2) is 4.98 Å². The van der Waals surface area contributed by atoms with E-state index in [2.05, 4.69) is 9.38 Å². The van der Waals surface area contributed by atoms with E-state index < -0.39 is 28.0 Å². The van der Waals surface area contributed by atoms with Crippen molar-refractivity contribution in [3.05, 3.63) is 23.5 Å². The second-order valence-electron chi connectivity index (χ2n) is 5.21. The van der Waals surface area contributed by atoms with Gasteiger partial charge in [0.1, 0.15) is 27.5 Å². The molecule has 2 N–H and O–H groups in total. The van der Waals surface area contributed by atoms with Gasteiger partial charge >= 0.3 is 6.18 Å². The molecule has 1 heterocycles. The first-order chi connectivity index (χ1) is 8.91. The van der Waals surface area contributed by atoms with Crippen LogP contribution in [0.1, 0.15) is 39.1 Å². The van der Waals surface area contributed by atoms with Crippen LogP contribution in [0.4, 0.5) is 18.9 Å². The molecule has 0 radical (unpaired) electrons. The summed E-state index contributed by atoms with van der Waals surface area (Å²) >= 11 is -1.58. The van der Waals surface area contributed by atoms with E-state index in [1.54, 1.807) is 20.8 Å². The van der Waals surface area contributed by atoms with Crippen LogP contribution in [-0.4, -0.2) is 20.0 Å². The lowest BCUT2D eigenvalue weighted by Crippen LogP contribution is -2.27. The molecule has 1 aromatic rings. The fourth-order valence-corrected chi connectivity index (χ4v) is 1.81. The smallest absolute Gasteiger partial charge is 0.433 e. The number of rotatable bonds is 2. The minimum atomic E-state index is -4.59. The highest BCUT2D eigenvalue weighted by Gasteiger charge is 2.33. The van der Waals surface area contributed by atoms with E-state index in [0.29, 0.717) is 0 Å². The lowest BCUT2D eigenvalue weighted by Gasteiger charge is -2.18. The number of alkyl halides is 3. The maximum Gasteiger partial charge on any atom is 0.433 e. The number of anilines is 1. The summed E-state index contributed by atoms with van der Waals surface area (Å²) in [5.41, 5.74) is 4.39. The summed E-state index contributed by atoms with van der Waals surface area (Å²) in [6, 6.07) is 2.02. The third kappa shape index (κ3) is 4.38. The number of nitrogen functional groups attached to an aromatic ring is 1. The molecule has 0 saturated carbocycles. The molecule has 1 aromatic heterocycles. The molecule has 0 amide bonds. The Morgan fingerprint density at radius 3 is 2.30 bits per heavy atom. The minimum Gasteiger partial charge on any atom is -0.591 e. The van der Waals surface area contributed by atoms with Crippen molar-refractivity contribution < 1.29 is 17.7 Å². The number of hydrogen-bond donors (Lipinski definition) is 1. The van der Waals surface area contributed by atoms with Crippen molar-refractivity contribution in [2.24, 2.45) is 4.40 Å². The fourth-order valence-electron chi connectivity index (χ4n) is 1.19. The van der Waals surface area contributed by atoms with E-state index in [1.807, 2.05) is 0 Å². The van der Waals surface area contributed by atoms with Crippen molar-refractivity contribution in [1.29, 1.82) is 0 Å². The number of halogens is 3. The van der Waals surface area contributed by atoms with Gasteiger partial charge in [0.2, 0.25) is 0 Å². The SMILES string of the molecule is C/C(=N/[S@+]([O-])C(C)(C)C)c1cc(N)cc(C(F)(F)F)n1. The summed E-state index contributed by atoms with van der Waals surface area (Å²) in [7, 11) is 0. The van der Waals surface area contributed by atoms with Gasteiger partial charge in [0.25, 0.3) is 0 Å². The summed E-state index contributed by atoms with van der Waals surface area (Å²) in [5.74, 6) is 0. The molecule has 8 heteroatoms. The van der Waals surface area contributed by atoms with Gasteiger partial charge in [-0.15, -0.1) is 0 Å². The molecule has 4 nitrogen and oxygen atoms in total. The van der Waals surface area contributed by atoms with E-state index in [9.17, 15) is 17.7 Å². The van der Waals surface area contributed by atoms with Crippen LogP contribution in [0.15, 0.2) is 16.5 Å². The normalized spacial score (nSPS) is 15.3. The quantitative estimate of drug-likeness (QED) is 0.674. The van der Waals surface area contributed by atoms with E-state index >= 15 is 0 Å². The van der Waals surface area contributed by atoms with Gasteiger partial charge in [-0.3, -0.25) is 0 Å². The molecule has 0 saturated heterocycles. The molecule has 0 aliphatic carbocycles. The third-order valence-corrected chi connectivity index (χ3v) is 3.74. The molecule has 0 spiro atoms. The van der Waals surface area contributed by atoms with Gasteiger partial charge < -0.3 is 10.3 Å². The Labute approximate surface area is 118 Å². The van der Waals surface area contributed by atoms with E-state index in [1.165, 1.54) is 13.0 Å². The maximum absolute atomic E-state index is 12.6. The van der Waals surface area contributed by atoms with Crippen LogP contribution < -0.4 is 5.73 Å². The summed E-state index contributed by atoms with van der Waals surface area (Å²) < 4.78 is 53.1. The van der Waals surface area contributed by atoms with Gasteiger partial charge in [-0.1, -0.05) is 4.40 Å². The summed E-state index contributed by atoms with van der Waals surface area (Å²) in [5, 5.41) is 0. The second-order valence-corrected chi connectivity index (χ2v) is 7.11. The van der Waals surface area contributed by atoms with Crippen LogP contribution >= 0.6 is 0 Å². The van der Waals surface area contributed by atoms with Crippen LogP contribution in [0.3, 0.4) is 0 Å². The molecule has 0 aromatic carbocycles. The van der Waals surface area contributed by atoms with Crippen LogP contribution in [0.25, 0.3) is 0 Å². The monoisotopic (exact) mass is 307 g/mol. The van der Waals surface area contributed by atoms with Crippen LogP contribution in [0, 0.1) is 0 Å². The highest BCUT2D eigenvalue weighted by atomic mass is 32.2. The molecule has 20 heavy (non-hydrogen) atoms. The minimum absolute atomic E-state index is 0.0325. The lowest BCUT2D eigenvalue weighted by atomic mass is 10.2. The molecule has 1 atom stereocenters. The van der Waals surface area contributed by atoms with Crippen molar-refractivity contribution >= 4 is 22.8 Å². The topological polar surface area (TPSA) is 74.3 Å². The lowest BCUT2D eigenvalue weighted by molar-refractivity contribution is -0.141. The maximum atomic E-state index is 12.6. The molecule has 0 unspecified atom stereocenters. The first-order valence-electron chi connectivity index (χ1n) is 5.73. The molecule has 1 rings (SSSR count). The predicted molar refractivity (Wildman–Crippen MR) is 73.8 cm³/mol. The largest absolute Gasteiger partial charge is 0.591 e. The molecular weight excluding hydrogens is 291 g/mol. The summed E-state index contributed by atoms with van der Waals surface area (Å²) in [6.45, 7) is 6.60. The average molecular weight is 307 g/mol. The Morgan fingerprint density at radius 2 is 1.85 bits per heavy atom. The standard InChI is InChI=1S/C12H16F3N3OS/c1-7(18-20(19)11(2,3)4)9-5-8(16)6-10(17-9)12(13,14)15/h5-6H,1-4H3,(H2,16,17)/b18-7-/t20-/m1/s1. The molecular formula is C12H16F3N3OS. The Balaban J connectivity index is 3.20. The van der Waals surface area contributed by atoms with E-state index in [4.69, 9.17) is 5.73 Å². The molecule has 0 aliphatic rings.